The van der Waals surface area contributed by atoms with Crippen LogP contribution in [0.15, 0.2) is 0 Å². The minimum atomic E-state index is -0.114. The first-order valence-corrected chi connectivity index (χ1v) is 5.40. The maximum Gasteiger partial charge on any atom is 0.246 e. The first-order valence-electron chi connectivity index (χ1n) is 5.40. The molecule has 0 aromatic carbocycles. The SMILES string of the molecule is O=C1C2CCCN2C(=O)C2CCCN12. The van der Waals surface area contributed by atoms with Crippen LogP contribution in [0.5, 0.6) is 0 Å². The molecule has 0 saturated carbocycles. The maximum atomic E-state index is 12.0. The number of carbonyl (C=O) groups is 2. The summed E-state index contributed by atoms with van der Waals surface area (Å²) < 4.78 is 0. The molecule has 0 aliphatic carbocycles. The Bertz CT molecular complexity index is 248. The van der Waals surface area contributed by atoms with Gasteiger partial charge in [0.25, 0.3) is 0 Å². The van der Waals surface area contributed by atoms with Crippen molar-refractivity contribution in [3.8, 4) is 0 Å². The molecule has 3 aliphatic heterocycles. The highest BCUT2D eigenvalue weighted by molar-refractivity contribution is 5.97. The van der Waals surface area contributed by atoms with Crippen LogP contribution >= 0.6 is 0 Å². The van der Waals surface area contributed by atoms with Crippen molar-refractivity contribution in [3.05, 3.63) is 0 Å². The van der Waals surface area contributed by atoms with E-state index in [0.717, 1.165) is 38.8 Å². The van der Waals surface area contributed by atoms with Gasteiger partial charge in [-0.1, -0.05) is 0 Å². The van der Waals surface area contributed by atoms with Gasteiger partial charge in [-0.05, 0) is 25.7 Å². The van der Waals surface area contributed by atoms with Gasteiger partial charge in [0.2, 0.25) is 11.8 Å². The number of hydrogen-bond donors (Lipinski definition) is 0. The number of carbonyl (C=O) groups excluding carboxylic acids is 2. The Morgan fingerprint density at radius 1 is 0.857 bits per heavy atom. The molecule has 3 saturated heterocycles. The van der Waals surface area contributed by atoms with Crippen molar-refractivity contribution < 1.29 is 9.59 Å². The smallest absolute Gasteiger partial charge is 0.246 e. The molecule has 0 N–H and O–H groups in total. The third-order valence-corrected chi connectivity index (χ3v) is 3.64. The highest BCUT2D eigenvalue weighted by atomic mass is 16.2. The first kappa shape index (κ1) is 8.26. The summed E-state index contributed by atoms with van der Waals surface area (Å²) in [6.07, 6.45) is 3.72. The van der Waals surface area contributed by atoms with Crippen molar-refractivity contribution in [1.82, 2.24) is 9.80 Å². The van der Waals surface area contributed by atoms with Crippen molar-refractivity contribution in [2.45, 2.75) is 37.8 Å². The zero-order valence-electron chi connectivity index (χ0n) is 8.11. The van der Waals surface area contributed by atoms with Gasteiger partial charge in [0, 0.05) is 13.1 Å². The molecule has 4 heteroatoms. The van der Waals surface area contributed by atoms with Crippen LogP contribution in [-0.2, 0) is 9.59 Å². The molecule has 76 valence electrons. The van der Waals surface area contributed by atoms with E-state index in [1.54, 1.807) is 9.80 Å². The van der Waals surface area contributed by atoms with Crippen LogP contribution in [0.2, 0.25) is 0 Å². The van der Waals surface area contributed by atoms with Gasteiger partial charge in [-0.2, -0.15) is 0 Å². The number of piperazine rings is 1. The lowest BCUT2D eigenvalue weighted by Gasteiger charge is -2.38. The van der Waals surface area contributed by atoms with E-state index in [-0.39, 0.29) is 23.9 Å². The predicted molar refractivity (Wildman–Crippen MR) is 49.5 cm³/mol. The zero-order chi connectivity index (χ0) is 9.71. The van der Waals surface area contributed by atoms with E-state index in [9.17, 15) is 9.59 Å². The number of nitrogens with zero attached hydrogens (tertiary/aromatic N) is 2. The summed E-state index contributed by atoms with van der Waals surface area (Å²) in [5.74, 6) is 0.397. The molecule has 0 aromatic heterocycles. The molecule has 2 atom stereocenters. The third-order valence-electron chi connectivity index (χ3n) is 3.64. The van der Waals surface area contributed by atoms with E-state index < -0.39 is 0 Å². The van der Waals surface area contributed by atoms with E-state index in [0.29, 0.717) is 0 Å². The number of fused-ring (bicyclic) bond motifs is 2. The first-order chi connectivity index (χ1) is 6.79. The quantitative estimate of drug-likeness (QED) is 0.544. The lowest BCUT2D eigenvalue weighted by molar-refractivity contribution is -0.156. The molecule has 2 unspecified atom stereocenters. The van der Waals surface area contributed by atoms with Gasteiger partial charge in [-0.25, -0.2) is 0 Å². The summed E-state index contributed by atoms with van der Waals surface area (Å²) in [6, 6.07) is -0.228. The van der Waals surface area contributed by atoms with Crippen molar-refractivity contribution >= 4 is 11.8 Å². The monoisotopic (exact) mass is 194 g/mol. The Morgan fingerprint density at radius 2 is 1.29 bits per heavy atom. The van der Waals surface area contributed by atoms with Crippen LogP contribution in [0, 0.1) is 0 Å². The van der Waals surface area contributed by atoms with E-state index in [1.165, 1.54) is 0 Å². The van der Waals surface area contributed by atoms with E-state index in [1.807, 2.05) is 0 Å². The molecule has 0 bridgehead atoms. The van der Waals surface area contributed by atoms with E-state index >= 15 is 0 Å². The zero-order valence-corrected chi connectivity index (χ0v) is 8.11. The fraction of sp³-hybridized carbons (Fsp3) is 0.800. The maximum absolute atomic E-state index is 12.0. The Labute approximate surface area is 82.8 Å². The summed E-state index contributed by atoms with van der Waals surface area (Å²) in [5.41, 5.74) is 0. The molecule has 0 aromatic rings. The van der Waals surface area contributed by atoms with Crippen molar-refractivity contribution in [2.24, 2.45) is 0 Å². The molecular weight excluding hydrogens is 180 g/mol. The van der Waals surface area contributed by atoms with Gasteiger partial charge in [-0.15, -0.1) is 0 Å². The molecule has 14 heavy (non-hydrogen) atoms. The summed E-state index contributed by atoms with van der Waals surface area (Å²) in [5, 5.41) is 0. The second-order valence-electron chi connectivity index (χ2n) is 4.38. The second-order valence-corrected chi connectivity index (χ2v) is 4.38. The van der Waals surface area contributed by atoms with Crippen molar-refractivity contribution in [2.75, 3.05) is 13.1 Å². The second kappa shape index (κ2) is 2.72. The Kier molecular flexibility index (Phi) is 1.60. The summed E-state index contributed by atoms with van der Waals surface area (Å²) >= 11 is 0. The van der Waals surface area contributed by atoms with Crippen LogP contribution in [0.1, 0.15) is 25.7 Å². The van der Waals surface area contributed by atoms with Gasteiger partial charge in [0.1, 0.15) is 12.1 Å². The normalized spacial score (nSPS) is 36.3. The van der Waals surface area contributed by atoms with Gasteiger partial charge in [0.05, 0.1) is 0 Å². The molecule has 3 heterocycles. The van der Waals surface area contributed by atoms with Gasteiger partial charge in [-0.3, -0.25) is 9.59 Å². The average molecular weight is 194 g/mol. The molecule has 2 amide bonds. The summed E-state index contributed by atoms with van der Waals surface area (Å²) in [4.78, 5) is 27.5. The minimum absolute atomic E-state index is 0.114. The van der Waals surface area contributed by atoms with Crippen LogP contribution in [0.3, 0.4) is 0 Å². The van der Waals surface area contributed by atoms with Gasteiger partial charge >= 0.3 is 0 Å². The molecular formula is C10H14N2O2. The highest BCUT2D eigenvalue weighted by Gasteiger charge is 2.49. The topological polar surface area (TPSA) is 40.6 Å². The van der Waals surface area contributed by atoms with Crippen LogP contribution in [0.25, 0.3) is 0 Å². The highest BCUT2D eigenvalue weighted by Crippen LogP contribution is 2.31. The Balaban J connectivity index is 1.96. The summed E-state index contributed by atoms with van der Waals surface area (Å²) in [6.45, 7) is 1.58. The van der Waals surface area contributed by atoms with Gasteiger partial charge < -0.3 is 9.80 Å². The number of rotatable bonds is 0. The Hall–Kier alpha value is -1.06. The van der Waals surface area contributed by atoms with Crippen LogP contribution < -0.4 is 0 Å². The molecule has 0 spiro atoms. The van der Waals surface area contributed by atoms with Crippen LogP contribution in [-0.4, -0.2) is 46.8 Å². The van der Waals surface area contributed by atoms with Crippen LogP contribution in [0.4, 0.5) is 0 Å². The lowest BCUT2D eigenvalue weighted by Crippen LogP contribution is -2.60. The lowest BCUT2D eigenvalue weighted by atomic mass is 10.1. The molecule has 4 nitrogen and oxygen atoms in total. The average Bonchev–Trinajstić information content (AvgIpc) is 2.82. The summed E-state index contributed by atoms with van der Waals surface area (Å²) in [7, 11) is 0. The number of amides is 2. The molecule has 3 fully saturated rings. The number of hydrogen-bond acceptors (Lipinski definition) is 2. The van der Waals surface area contributed by atoms with Gasteiger partial charge in [0.15, 0.2) is 0 Å². The van der Waals surface area contributed by atoms with E-state index in [2.05, 4.69) is 0 Å². The fourth-order valence-corrected chi connectivity index (χ4v) is 2.96. The standard InChI is InChI=1S/C10H14N2O2/c13-9-7-3-1-5-11(7)10(14)8-4-2-6-12(8)9/h7-8H,1-6H2. The fourth-order valence-electron chi connectivity index (χ4n) is 2.96. The molecule has 0 radical (unpaired) electrons. The third kappa shape index (κ3) is 0.885. The Morgan fingerprint density at radius 3 is 1.71 bits per heavy atom. The molecule has 3 rings (SSSR count). The predicted octanol–water partition coefficient (Wildman–Crippen LogP) is -0.0180. The minimum Gasteiger partial charge on any atom is -0.329 e. The largest absolute Gasteiger partial charge is 0.329 e. The van der Waals surface area contributed by atoms with Crippen molar-refractivity contribution in [3.63, 3.8) is 0 Å². The molecule has 3 aliphatic rings. The van der Waals surface area contributed by atoms with E-state index in [4.69, 9.17) is 0 Å². The van der Waals surface area contributed by atoms with Crippen molar-refractivity contribution in [1.29, 1.82) is 0 Å².